The van der Waals surface area contributed by atoms with Gasteiger partial charge in [-0.1, -0.05) is 17.7 Å². The summed E-state index contributed by atoms with van der Waals surface area (Å²) in [6.45, 7) is 0. The number of carbonyl (C=O) groups is 1. The number of para-hydroxylation sites is 1. The van der Waals surface area contributed by atoms with Gasteiger partial charge in [0, 0.05) is 21.1 Å². The molecule has 0 radical (unpaired) electrons. The molecule has 2 aromatic rings. The molecule has 0 fully saturated rings. The Morgan fingerprint density at radius 3 is 2.38 bits per heavy atom. The minimum Gasteiger partial charge on any atom is -0.320 e. The highest BCUT2D eigenvalue weighted by Gasteiger charge is 2.17. The van der Waals surface area contributed by atoms with Crippen molar-refractivity contribution >= 4 is 60.7 Å². The smallest absolute Gasteiger partial charge is 0.270 e. The lowest BCUT2D eigenvalue weighted by atomic mass is 10.2. The fourth-order valence-electron chi connectivity index (χ4n) is 1.60. The largest absolute Gasteiger partial charge is 0.320 e. The van der Waals surface area contributed by atoms with Crippen molar-refractivity contribution in [3.05, 3.63) is 66.0 Å². The lowest BCUT2D eigenvalue weighted by Crippen LogP contribution is -2.13. The Labute approximate surface area is 141 Å². The number of benzene rings is 2. The molecule has 0 aliphatic heterocycles. The second-order valence-electron chi connectivity index (χ2n) is 3.97. The summed E-state index contributed by atoms with van der Waals surface area (Å²) in [7, 11) is 0. The molecular weight excluding hydrogens is 427 g/mol. The SMILES string of the molecule is O=C(Nc1c(Br)cccc1Br)c1cc([N+](=O)[O-])ccc1Cl. The Hall–Kier alpha value is -1.44. The third kappa shape index (κ3) is 3.61. The second-order valence-corrected chi connectivity index (χ2v) is 6.09. The first-order chi connectivity index (χ1) is 9.90. The van der Waals surface area contributed by atoms with E-state index in [0.717, 1.165) is 6.07 Å². The van der Waals surface area contributed by atoms with E-state index in [0.29, 0.717) is 14.6 Å². The lowest BCUT2D eigenvalue weighted by Gasteiger charge is -2.10. The van der Waals surface area contributed by atoms with E-state index in [9.17, 15) is 14.9 Å². The maximum absolute atomic E-state index is 12.3. The van der Waals surface area contributed by atoms with E-state index in [1.165, 1.54) is 12.1 Å². The van der Waals surface area contributed by atoms with Gasteiger partial charge in [0.05, 0.1) is 21.2 Å². The lowest BCUT2D eigenvalue weighted by molar-refractivity contribution is -0.384. The Bertz CT molecular complexity index is 717. The second kappa shape index (κ2) is 6.55. The minimum absolute atomic E-state index is 0.0357. The van der Waals surface area contributed by atoms with E-state index in [2.05, 4.69) is 37.2 Å². The van der Waals surface area contributed by atoms with Crippen LogP contribution >= 0.6 is 43.5 Å². The summed E-state index contributed by atoms with van der Waals surface area (Å²) in [5.41, 5.74) is 0.356. The number of amides is 1. The zero-order valence-electron chi connectivity index (χ0n) is 10.3. The van der Waals surface area contributed by atoms with Crippen molar-refractivity contribution in [1.29, 1.82) is 0 Å². The molecule has 0 heterocycles. The van der Waals surface area contributed by atoms with Gasteiger partial charge in [0.25, 0.3) is 11.6 Å². The van der Waals surface area contributed by atoms with Gasteiger partial charge in [0.2, 0.25) is 0 Å². The van der Waals surface area contributed by atoms with Crippen LogP contribution in [-0.4, -0.2) is 10.8 Å². The Morgan fingerprint density at radius 2 is 1.81 bits per heavy atom. The summed E-state index contributed by atoms with van der Waals surface area (Å²) in [5, 5.41) is 13.6. The summed E-state index contributed by atoms with van der Waals surface area (Å²) >= 11 is 12.6. The molecule has 0 spiro atoms. The summed E-state index contributed by atoms with van der Waals surface area (Å²) in [6, 6.07) is 9.02. The quantitative estimate of drug-likeness (QED) is 0.544. The summed E-state index contributed by atoms with van der Waals surface area (Å²) in [6.07, 6.45) is 0. The summed E-state index contributed by atoms with van der Waals surface area (Å²) < 4.78 is 1.35. The molecule has 2 rings (SSSR count). The van der Waals surface area contributed by atoms with Crippen LogP contribution in [0.4, 0.5) is 11.4 Å². The molecule has 5 nitrogen and oxygen atoms in total. The topological polar surface area (TPSA) is 72.2 Å². The first kappa shape index (κ1) is 15.9. The van der Waals surface area contributed by atoms with Crippen LogP contribution in [-0.2, 0) is 0 Å². The fourth-order valence-corrected chi connectivity index (χ4v) is 3.00. The molecule has 0 atom stereocenters. The Kier molecular flexibility index (Phi) is 4.97. The third-order valence-electron chi connectivity index (χ3n) is 2.61. The number of halogens is 3. The molecule has 8 heteroatoms. The number of nitrogens with one attached hydrogen (secondary N) is 1. The third-order valence-corrected chi connectivity index (χ3v) is 4.26. The predicted molar refractivity (Wildman–Crippen MR) is 87.9 cm³/mol. The van der Waals surface area contributed by atoms with Crippen molar-refractivity contribution in [2.45, 2.75) is 0 Å². The highest BCUT2D eigenvalue weighted by molar-refractivity contribution is 9.11. The number of nitrogens with zero attached hydrogens (tertiary/aromatic N) is 1. The molecule has 0 aromatic heterocycles. The normalized spacial score (nSPS) is 10.2. The first-order valence-corrected chi connectivity index (χ1v) is 7.56. The van der Waals surface area contributed by atoms with E-state index in [4.69, 9.17) is 11.6 Å². The Balaban J connectivity index is 2.37. The average molecular weight is 434 g/mol. The average Bonchev–Trinajstić information content (AvgIpc) is 2.43. The zero-order valence-corrected chi connectivity index (χ0v) is 14.2. The van der Waals surface area contributed by atoms with Gasteiger partial charge in [0.1, 0.15) is 0 Å². The van der Waals surface area contributed by atoms with Gasteiger partial charge in [-0.15, -0.1) is 0 Å². The fraction of sp³-hybridized carbons (Fsp3) is 0. The minimum atomic E-state index is -0.582. The number of nitro benzene ring substituents is 1. The van der Waals surface area contributed by atoms with Gasteiger partial charge in [-0.2, -0.15) is 0 Å². The van der Waals surface area contributed by atoms with Gasteiger partial charge in [0.15, 0.2) is 0 Å². The molecule has 0 aliphatic rings. The molecule has 1 amide bonds. The molecule has 0 saturated carbocycles. The monoisotopic (exact) mass is 432 g/mol. The van der Waals surface area contributed by atoms with Gasteiger partial charge in [-0.3, -0.25) is 14.9 Å². The van der Waals surface area contributed by atoms with E-state index in [1.807, 2.05) is 0 Å². The highest BCUT2D eigenvalue weighted by atomic mass is 79.9. The number of anilines is 1. The molecule has 1 N–H and O–H groups in total. The van der Waals surface area contributed by atoms with Crippen LogP contribution in [0.15, 0.2) is 45.3 Å². The van der Waals surface area contributed by atoms with Gasteiger partial charge < -0.3 is 5.32 Å². The standard InChI is InChI=1S/C13H7Br2ClN2O3/c14-9-2-1-3-10(15)12(9)17-13(19)8-6-7(18(20)21)4-5-11(8)16/h1-6H,(H,17,19). The predicted octanol–water partition coefficient (Wildman–Crippen LogP) is 5.03. The molecule has 0 unspecified atom stereocenters. The van der Waals surface area contributed by atoms with E-state index in [-0.39, 0.29) is 16.3 Å². The van der Waals surface area contributed by atoms with Gasteiger partial charge >= 0.3 is 0 Å². The highest BCUT2D eigenvalue weighted by Crippen LogP contribution is 2.31. The zero-order chi connectivity index (χ0) is 15.6. The van der Waals surface area contributed by atoms with E-state index >= 15 is 0 Å². The van der Waals surface area contributed by atoms with E-state index < -0.39 is 10.8 Å². The van der Waals surface area contributed by atoms with Crippen molar-refractivity contribution < 1.29 is 9.72 Å². The van der Waals surface area contributed by atoms with Crippen LogP contribution in [0.1, 0.15) is 10.4 Å². The van der Waals surface area contributed by atoms with Crippen molar-refractivity contribution in [3.8, 4) is 0 Å². The summed E-state index contributed by atoms with van der Waals surface area (Å²) in [5.74, 6) is -0.531. The van der Waals surface area contributed by atoms with Crippen LogP contribution in [0.3, 0.4) is 0 Å². The number of rotatable bonds is 3. The van der Waals surface area contributed by atoms with Crippen LogP contribution < -0.4 is 5.32 Å². The van der Waals surface area contributed by atoms with Crippen LogP contribution in [0.2, 0.25) is 5.02 Å². The Morgan fingerprint density at radius 1 is 1.19 bits per heavy atom. The first-order valence-electron chi connectivity index (χ1n) is 5.59. The molecule has 0 aliphatic carbocycles. The van der Waals surface area contributed by atoms with Crippen LogP contribution in [0.5, 0.6) is 0 Å². The molecule has 0 bridgehead atoms. The van der Waals surface area contributed by atoms with Crippen molar-refractivity contribution in [2.75, 3.05) is 5.32 Å². The maximum Gasteiger partial charge on any atom is 0.270 e. The molecule has 21 heavy (non-hydrogen) atoms. The maximum atomic E-state index is 12.3. The number of hydrogen-bond acceptors (Lipinski definition) is 3. The van der Waals surface area contributed by atoms with Crippen molar-refractivity contribution in [1.82, 2.24) is 0 Å². The molecule has 108 valence electrons. The number of non-ortho nitro benzene ring substituents is 1. The number of nitro groups is 1. The number of carbonyl (C=O) groups excluding carboxylic acids is 1. The van der Waals surface area contributed by atoms with Crippen LogP contribution in [0.25, 0.3) is 0 Å². The van der Waals surface area contributed by atoms with Crippen molar-refractivity contribution in [3.63, 3.8) is 0 Å². The van der Waals surface area contributed by atoms with Crippen LogP contribution in [0, 0.1) is 10.1 Å². The van der Waals surface area contributed by atoms with E-state index in [1.54, 1.807) is 18.2 Å². The molecular formula is C13H7Br2ClN2O3. The van der Waals surface area contributed by atoms with Gasteiger partial charge in [-0.25, -0.2) is 0 Å². The number of hydrogen-bond donors (Lipinski definition) is 1. The molecule has 2 aromatic carbocycles. The van der Waals surface area contributed by atoms with Gasteiger partial charge in [-0.05, 0) is 50.1 Å². The summed E-state index contributed by atoms with van der Waals surface area (Å²) in [4.78, 5) is 22.4. The van der Waals surface area contributed by atoms with Crippen molar-refractivity contribution in [2.24, 2.45) is 0 Å². The molecule has 0 saturated heterocycles.